The van der Waals surface area contributed by atoms with E-state index in [0.29, 0.717) is 5.25 Å². The maximum absolute atomic E-state index is 4.45. The predicted molar refractivity (Wildman–Crippen MR) is 74.8 cm³/mol. The largest absolute Gasteiger partial charge is 0.176 e. The Labute approximate surface area is 103 Å². The van der Waals surface area contributed by atoms with Gasteiger partial charge in [0, 0.05) is 0 Å². The average molecular weight is 230 g/mol. The SMILES string of the molecule is CCCCCCC[C@H](CC)CC[C@H](C)S. The molecule has 0 N–H and O–H groups in total. The Morgan fingerprint density at radius 3 is 2.07 bits per heavy atom. The van der Waals surface area contributed by atoms with Crippen LogP contribution in [0, 0.1) is 5.92 Å². The fourth-order valence-electron chi connectivity index (χ4n) is 2.07. The van der Waals surface area contributed by atoms with E-state index in [1.54, 1.807) is 0 Å². The summed E-state index contributed by atoms with van der Waals surface area (Å²) in [5.74, 6) is 0.959. The Morgan fingerprint density at radius 1 is 0.867 bits per heavy atom. The first-order chi connectivity index (χ1) is 7.20. The monoisotopic (exact) mass is 230 g/mol. The normalized spacial score (nSPS) is 15.2. The minimum absolute atomic E-state index is 0.583. The minimum Gasteiger partial charge on any atom is -0.176 e. The first-order valence-corrected chi connectivity index (χ1v) is 7.40. The van der Waals surface area contributed by atoms with Crippen LogP contribution in [-0.4, -0.2) is 5.25 Å². The van der Waals surface area contributed by atoms with E-state index < -0.39 is 0 Å². The third-order valence-corrected chi connectivity index (χ3v) is 3.54. The molecule has 0 spiro atoms. The van der Waals surface area contributed by atoms with Gasteiger partial charge in [-0.05, 0) is 24.0 Å². The number of thiol groups is 1. The van der Waals surface area contributed by atoms with Gasteiger partial charge in [0.2, 0.25) is 0 Å². The summed E-state index contributed by atoms with van der Waals surface area (Å²) < 4.78 is 0. The Morgan fingerprint density at radius 2 is 1.53 bits per heavy atom. The van der Waals surface area contributed by atoms with Crippen molar-refractivity contribution in [3.63, 3.8) is 0 Å². The van der Waals surface area contributed by atoms with Crippen LogP contribution < -0.4 is 0 Å². The summed E-state index contributed by atoms with van der Waals surface area (Å²) in [5, 5.41) is 0.583. The summed E-state index contributed by atoms with van der Waals surface area (Å²) in [6.07, 6.45) is 12.6. The van der Waals surface area contributed by atoms with Crippen LogP contribution in [0.15, 0.2) is 0 Å². The molecule has 0 amide bonds. The van der Waals surface area contributed by atoms with Crippen molar-refractivity contribution in [2.45, 2.75) is 83.8 Å². The van der Waals surface area contributed by atoms with Crippen molar-refractivity contribution in [2.75, 3.05) is 0 Å². The number of hydrogen-bond acceptors (Lipinski definition) is 1. The van der Waals surface area contributed by atoms with Gasteiger partial charge in [0.05, 0.1) is 0 Å². The van der Waals surface area contributed by atoms with Crippen LogP contribution in [-0.2, 0) is 0 Å². The summed E-state index contributed by atoms with van der Waals surface area (Å²) in [6, 6.07) is 0. The molecule has 0 saturated carbocycles. The summed E-state index contributed by atoms with van der Waals surface area (Å²) in [5.41, 5.74) is 0. The van der Waals surface area contributed by atoms with Crippen molar-refractivity contribution in [3.8, 4) is 0 Å². The van der Waals surface area contributed by atoms with Gasteiger partial charge < -0.3 is 0 Å². The highest BCUT2D eigenvalue weighted by Gasteiger charge is 2.07. The molecule has 2 atom stereocenters. The molecule has 0 fully saturated rings. The Kier molecular flexibility index (Phi) is 11.1. The van der Waals surface area contributed by atoms with E-state index in [9.17, 15) is 0 Å². The molecule has 0 heterocycles. The minimum atomic E-state index is 0.583. The van der Waals surface area contributed by atoms with E-state index in [4.69, 9.17) is 0 Å². The molecule has 1 heteroatoms. The molecule has 0 aromatic carbocycles. The number of hydrogen-bond donors (Lipinski definition) is 1. The molecule has 15 heavy (non-hydrogen) atoms. The van der Waals surface area contributed by atoms with Crippen molar-refractivity contribution < 1.29 is 0 Å². The second kappa shape index (κ2) is 10.9. The zero-order valence-electron chi connectivity index (χ0n) is 11.0. The fraction of sp³-hybridized carbons (Fsp3) is 1.00. The average Bonchev–Trinajstić information content (AvgIpc) is 2.22. The Bertz CT molecular complexity index is 121. The smallest absolute Gasteiger partial charge is 0.00115 e. The number of rotatable bonds is 10. The first-order valence-electron chi connectivity index (χ1n) is 6.88. The van der Waals surface area contributed by atoms with Crippen LogP contribution in [0.5, 0.6) is 0 Å². The molecule has 0 saturated heterocycles. The molecular formula is C14H30S. The van der Waals surface area contributed by atoms with Crippen molar-refractivity contribution in [3.05, 3.63) is 0 Å². The van der Waals surface area contributed by atoms with E-state index >= 15 is 0 Å². The third-order valence-electron chi connectivity index (χ3n) is 3.29. The van der Waals surface area contributed by atoms with Crippen LogP contribution >= 0.6 is 12.6 Å². The lowest BCUT2D eigenvalue weighted by Crippen LogP contribution is -2.02. The zero-order valence-corrected chi connectivity index (χ0v) is 11.9. The van der Waals surface area contributed by atoms with E-state index in [1.807, 2.05) is 0 Å². The highest BCUT2D eigenvalue weighted by atomic mass is 32.1. The first kappa shape index (κ1) is 15.3. The van der Waals surface area contributed by atoms with Gasteiger partial charge in [-0.25, -0.2) is 0 Å². The highest BCUT2D eigenvalue weighted by molar-refractivity contribution is 7.80. The molecule has 0 unspecified atom stereocenters. The summed E-state index contributed by atoms with van der Waals surface area (Å²) in [6.45, 7) is 6.82. The molecule has 92 valence electrons. The Hall–Kier alpha value is 0.350. The molecule has 0 radical (unpaired) electrons. The van der Waals surface area contributed by atoms with Crippen LogP contribution in [0.1, 0.15) is 78.6 Å². The van der Waals surface area contributed by atoms with Gasteiger partial charge in [-0.1, -0.05) is 65.7 Å². The standard InChI is InChI=1S/C14H30S/c1-4-6-7-8-9-10-14(5-2)12-11-13(3)15/h13-15H,4-12H2,1-3H3/t13-,14-/m0/s1. The van der Waals surface area contributed by atoms with E-state index in [0.717, 1.165) is 5.92 Å². The van der Waals surface area contributed by atoms with Crippen LogP contribution in [0.2, 0.25) is 0 Å². The molecule has 0 aromatic heterocycles. The van der Waals surface area contributed by atoms with Gasteiger partial charge >= 0.3 is 0 Å². The second-order valence-corrected chi connectivity index (χ2v) is 5.79. The van der Waals surface area contributed by atoms with E-state index in [2.05, 4.69) is 33.4 Å². The third kappa shape index (κ3) is 10.6. The van der Waals surface area contributed by atoms with Gasteiger partial charge in [-0.3, -0.25) is 0 Å². The van der Waals surface area contributed by atoms with Crippen molar-refractivity contribution in [1.29, 1.82) is 0 Å². The predicted octanol–water partition coefficient (Wildman–Crippen LogP) is 5.47. The maximum Gasteiger partial charge on any atom is -0.00115 e. The number of unbranched alkanes of at least 4 members (excludes halogenated alkanes) is 4. The molecule has 0 bridgehead atoms. The van der Waals surface area contributed by atoms with Crippen LogP contribution in [0.3, 0.4) is 0 Å². The van der Waals surface area contributed by atoms with Crippen molar-refractivity contribution in [1.82, 2.24) is 0 Å². The molecular weight excluding hydrogens is 200 g/mol. The van der Waals surface area contributed by atoms with Gasteiger partial charge in [0.15, 0.2) is 0 Å². The lowest BCUT2D eigenvalue weighted by Gasteiger charge is -2.15. The van der Waals surface area contributed by atoms with Gasteiger partial charge in [0.25, 0.3) is 0 Å². The van der Waals surface area contributed by atoms with Gasteiger partial charge in [-0.15, -0.1) is 0 Å². The van der Waals surface area contributed by atoms with Crippen LogP contribution in [0.25, 0.3) is 0 Å². The molecule has 0 aliphatic rings. The van der Waals surface area contributed by atoms with Gasteiger partial charge in [0.1, 0.15) is 0 Å². The molecule has 0 aromatic rings. The van der Waals surface area contributed by atoms with E-state index in [1.165, 1.54) is 57.8 Å². The quantitative estimate of drug-likeness (QED) is 0.373. The molecule has 0 aliphatic carbocycles. The van der Waals surface area contributed by atoms with Gasteiger partial charge in [-0.2, -0.15) is 12.6 Å². The molecule has 0 nitrogen and oxygen atoms in total. The topological polar surface area (TPSA) is 0 Å². The lowest BCUT2D eigenvalue weighted by molar-refractivity contribution is 0.402. The zero-order chi connectivity index (χ0) is 11.5. The fourth-order valence-corrected chi connectivity index (χ4v) is 2.22. The van der Waals surface area contributed by atoms with Crippen molar-refractivity contribution in [2.24, 2.45) is 5.92 Å². The van der Waals surface area contributed by atoms with Crippen LogP contribution in [0.4, 0.5) is 0 Å². The Balaban J connectivity index is 3.36. The molecule has 0 aliphatic heterocycles. The second-order valence-electron chi connectivity index (χ2n) is 4.90. The van der Waals surface area contributed by atoms with E-state index in [-0.39, 0.29) is 0 Å². The summed E-state index contributed by atoms with van der Waals surface area (Å²) in [4.78, 5) is 0. The lowest BCUT2D eigenvalue weighted by atomic mass is 9.93. The highest BCUT2D eigenvalue weighted by Crippen LogP contribution is 2.21. The summed E-state index contributed by atoms with van der Waals surface area (Å²) in [7, 11) is 0. The van der Waals surface area contributed by atoms with Crippen molar-refractivity contribution >= 4 is 12.6 Å². The molecule has 0 rings (SSSR count). The summed E-state index contributed by atoms with van der Waals surface area (Å²) >= 11 is 4.45. The maximum atomic E-state index is 4.45.